The standard InChI is InChI=1S/C15H17ClF2N2O4/c1-15(13(21)22)5-6-20(8-15)14(23)19-10-4-2-3-9(16)12(10)24-7-11(17)18/h2-4,11H,5-8H2,1H3,(H,19,23)(H,21,22). The van der Waals surface area contributed by atoms with Gasteiger partial charge in [0, 0.05) is 13.1 Å². The van der Waals surface area contributed by atoms with E-state index in [-0.39, 0.29) is 29.5 Å². The zero-order chi connectivity index (χ0) is 17.9. The lowest BCUT2D eigenvalue weighted by molar-refractivity contribution is -0.146. The molecule has 0 aromatic heterocycles. The highest BCUT2D eigenvalue weighted by molar-refractivity contribution is 6.32. The lowest BCUT2D eigenvalue weighted by Gasteiger charge is -2.21. The Kier molecular flexibility index (Phi) is 5.48. The molecule has 1 saturated heterocycles. The second-order valence-electron chi connectivity index (χ2n) is 5.79. The number of carboxylic acids is 1. The van der Waals surface area contributed by atoms with E-state index in [9.17, 15) is 23.5 Å². The van der Waals surface area contributed by atoms with Gasteiger partial charge in [-0.3, -0.25) is 4.79 Å². The van der Waals surface area contributed by atoms with Crippen LogP contribution in [-0.2, 0) is 4.79 Å². The van der Waals surface area contributed by atoms with Crippen molar-refractivity contribution in [2.75, 3.05) is 25.0 Å². The summed E-state index contributed by atoms with van der Waals surface area (Å²) in [4.78, 5) is 24.9. The fourth-order valence-electron chi connectivity index (χ4n) is 2.40. The van der Waals surface area contributed by atoms with Crippen molar-refractivity contribution < 1.29 is 28.2 Å². The van der Waals surface area contributed by atoms with Crippen molar-refractivity contribution in [3.8, 4) is 5.75 Å². The summed E-state index contributed by atoms with van der Waals surface area (Å²) in [6, 6.07) is 3.93. The third kappa shape index (κ3) is 4.05. The minimum atomic E-state index is -2.68. The number of rotatable bonds is 5. The van der Waals surface area contributed by atoms with Crippen molar-refractivity contribution in [3.05, 3.63) is 23.2 Å². The number of carbonyl (C=O) groups is 2. The highest BCUT2D eigenvalue weighted by Gasteiger charge is 2.42. The number of carbonyl (C=O) groups excluding carboxylic acids is 1. The molecule has 9 heteroatoms. The number of likely N-dealkylation sites (tertiary alicyclic amines) is 1. The molecule has 0 saturated carbocycles. The van der Waals surface area contributed by atoms with Crippen molar-refractivity contribution in [2.24, 2.45) is 5.41 Å². The monoisotopic (exact) mass is 362 g/mol. The Bertz CT molecular complexity index is 644. The number of hydrogen-bond donors (Lipinski definition) is 2. The van der Waals surface area contributed by atoms with Gasteiger partial charge in [0.15, 0.2) is 5.75 Å². The Morgan fingerprint density at radius 2 is 2.21 bits per heavy atom. The zero-order valence-electron chi connectivity index (χ0n) is 12.9. The van der Waals surface area contributed by atoms with E-state index < -0.39 is 30.4 Å². The third-order valence-electron chi connectivity index (χ3n) is 3.84. The van der Waals surface area contributed by atoms with Crippen LogP contribution in [0.15, 0.2) is 18.2 Å². The number of alkyl halides is 2. The van der Waals surface area contributed by atoms with Crippen LogP contribution in [-0.4, -0.2) is 48.1 Å². The van der Waals surface area contributed by atoms with Crippen molar-refractivity contribution in [3.63, 3.8) is 0 Å². The Balaban J connectivity index is 2.10. The maximum absolute atomic E-state index is 12.3. The molecule has 0 radical (unpaired) electrons. The molecular formula is C15H17ClF2N2O4. The molecule has 1 aliphatic rings. The van der Waals surface area contributed by atoms with Crippen molar-refractivity contribution in [1.29, 1.82) is 0 Å². The molecule has 0 bridgehead atoms. The first-order valence-corrected chi connectivity index (χ1v) is 7.59. The molecule has 1 unspecified atom stereocenters. The summed E-state index contributed by atoms with van der Waals surface area (Å²) in [6.45, 7) is 1.05. The van der Waals surface area contributed by atoms with Gasteiger partial charge >= 0.3 is 12.0 Å². The van der Waals surface area contributed by atoms with Gasteiger partial charge in [0.25, 0.3) is 6.43 Å². The van der Waals surface area contributed by atoms with E-state index in [4.69, 9.17) is 16.3 Å². The molecule has 0 aliphatic carbocycles. The van der Waals surface area contributed by atoms with E-state index in [2.05, 4.69) is 5.32 Å². The number of halogens is 3. The summed E-state index contributed by atoms with van der Waals surface area (Å²) in [6.07, 6.45) is -2.35. The van der Waals surface area contributed by atoms with E-state index in [1.165, 1.54) is 17.0 Å². The minimum absolute atomic E-state index is 0.0481. The van der Waals surface area contributed by atoms with E-state index in [0.717, 1.165) is 0 Å². The molecule has 2 N–H and O–H groups in total. The number of nitrogens with zero attached hydrogens (tertiary/aromatic N) is 1. The van der Waals surface area contributed by atoms with Gasteiger partial charge in [-0.2, -0.15) is 0 Å². The van der Waals surface area contributed by atoms with E-state index in [0.29, 0.717) is 6.42 Å². The molecule has 1 heterocycles. The van der Waals surface area contributed by atoms with Gasteiger partial charge < -0.3 is 20.1 Å². The van der Waals surface area contributed by atoms with Crippen molar-refractivity contribution >= 4 is 29.3 Å². The topological polar surface area (TPSA) is 78.9 Å². The fourth-order valence-corrected chi connectivity index (χ4v) is 2.63. The summed E-state index contributed by atoms with van der Waals surface area (Å²) in [5.74, 6) is -1.02. The smallest absolute Gasteiger partial charge is 0.321 e. The summed E-state index contributed by atoms with van der Waals surface area (Å²) in [7, 11) is 0. The number of aliphatic carboxylic acids is 1. The van der Waals surface area contributed by atoms with Crippen LogP contribution >= 0.6 is 11.6 Å². The van der Waals surface area contributed by atoms with Crippen LogP contribution in [0.5, 0.6) is 5.75 Å². The Morgan fingerprint density at radius 3 is 2.79 bits per heavy atom. The van der Waals surface area contributed by atoms with Gasteiger partial charge in [-0.15, -0.1) is 0 Å². The Labute approximate surface area is 142 Å². The van der Waals surface area contributed by atoms with E-state index in [1.807, 2.05) is 0 Å². The first-order valence-electron chi connectivity index (χ1n) is 7.22. The van der Waals surface area contributed by atoms with Gasteiger partial charge in [0.1, 0.15) is 6.61 Å². The number of anilines is 1. The largest absolute Gasteiger partial charge is 0.484 e. The summed E-state index contributed by atoms with van der Waals surface area (Å²) >= 11 is 5.93. The normalized spacial score (nSPS) is 20.3. The van der Waals surface area contributed by atoms with Crippen molar-refractivity contribution in [2.45, 2.75) is 19.8 Å². The van der Waals surface area contributed by atoms with Crippen LogP contribution in [0.25, 0.3) is 0 Å². The van der Waals surface area contributed by atoms with Gasteiger partial charge in [-0.1, -0.05) is 17.7 Å². The Morgan fingerprint density at radius 1 is 1.50 bits per heavy atom. The quantitative estimate of drug-likeness (QED) is 0.842. The van der Waals surface area contributed by atoms with Gasteiger partial charge in [0.05, 0.1) is 16.1 Å². The number of amides is 2. The van der Waals surface area contributed by atoms with Crippen LogP contribution in [0.2, 0.25) is 5.02 Å². The van der Waals surface area contributed by atoms with Gasteiger partial charge in [-0.05, 0) is 25.5 Å². The molecule has 132 valence electrons. The summed E-state index contributed by atoms with van der Waals surface area (Å²) in [5, 5.41) is 11.8. The number of nitrogens with one attached hydrogen (secondary N) is 1. The predicted octanol–water partition coefficient (Wildman–Crippen LogP) is 3.31. The molecule has 1 aromatic carbocycles. The average Bonchev–Trinajstić information content (AvgIpc) is 2.90. The number of carboxylic acid groups (broad SMARTS) is 1. The van der Waals surface area contributed by atoms with Crippen molar-refractivity contribution in [1.82, 2.24) is 4.90 Å². The minimum Gasteiger partial charge on any atom is -0.484 e. The van der Waals surface area contributed by atoms with Crippen LogP contribution in [0.4, 0.5) is 19.3 Å². The number of urea groups is 1. The fraction of sp³-hybridized carbons (Fsp3) is 0.467. The molecule has 1 aromatic rings. The summed E-state index contributed by atoms with van der Waals surface area (Å²) in [5.41, 5.74) is -0.849. The molecule has 6 nitrogen and oxygen atoms in total. The van der Waals surface area contributed by atoms with Crippen LogP contribution in [0.1, 0.15) is 13.3 Å². The number of ether oxygens (including phenoxy) is 1. The number of benzene rings is 1. The molecule has 1 fully saturated rings. The molecule has 0 spiro atoms. The third-order valence-corrected chi connectivity index (χ3v) is 4.14. The molecule has 1 atom stereocenters. The summed E-state index contributed by atoms with van der Waals surface area (Å²) < 4.78 is 29.6. The zero-order valence-corrected chi connectivity index (χ0v) is 13.6. The first-order chi connectivity index (χ1) is 11.2. The van der Waals surface area contributed by atoms with Gasteiger partial charge in [0.2, 0.25) is 0 Å². The maximum atomic E-state index is 12.3. The molecule has 2 amide bonds. The maximum Gasteiger partial charge on any atom is 0.321 e. The highest BCUT2D eigenvalue weighted by Crippen LogP contribution is 2.35. The second kappa shape index (κ2) is 7.21. The molecule has 2 rings (SSSR count). The van der Waals surface area contributed by atoms with Crippen LogP contribution in [0.3, 0.4) is 0 Å². The lowest BCUT2D eigenvalue weighted by Crippen LogP contribution is -2.37. The van der Waals surface area contributed by atoms with Crippen LogP contribution < -0.4 is 10.1 Å². The molecular weight excluding hydrogens is 346 g/mol. The van der Waals surface area contributed by atoms with Gasteiger partial charge in [-0.25, -0.2) is 13.6 Å². The second-order valence-corrected chi connectivity index (χ2v) is 6.19. The SMILES string of the molecule is CC1(C(=O)O)CCN(C(=O)Nc2cccc(Cl)c2OCC(F)F)C1. The number of para-hydroxylation sites is 1. The van der Waals surface area contributed by atoms with Crippen LogP contribution in [0, 0.1) is 5.41 Å². The first kappa shape index (κ1) is 18.3. The van der Waals surface area contributed by atoms with E-state index >= 15 is 0 Å². The van der Waals surface area contributed by atoms with E-state index in [1.54, 1.807) is 13.0 Å². The number of hydrogen-bond acceptors (Lipinski definition) is 3. The molecule has 24 heavy (non-hydrogen) atoms. The lowest BCUT2D eigenvalue weighted by atomic mass is 9.90. The predicted molar refractivity (Wildman–Crippen MR) is 83.9 cm³/mol. The molecule has 1 aliphatic heterocycles. The Hall–Kier alpha value is -2.09. The highest BCUT2D eigenvalue weighted by atomic mass is 35.5. The average molecular weight is 363 g/mol.